The fourth-order valence-corrected chi connectivity index (χ4v) is 2.16. The highest BCUT2D eigenvalue weighted by Gasteiger charge is 2.05. The molecular weight excluding hydrogens is 286 g/mol. The third-order valence-corrected chi connectivity index (χ3v) is 3.25. The van der Waals surface area contributed by atoms with Crippen molar-refractivity contribution in [3.05, 3.63) is 65.7 Å². The first kappa shape index (κ1) is 17.5. The number of phenols is 1. The second-order valence-electron chi connectivity index (χ2n) is 4.90. The van der Waals surface area contributed by atoms with Gasteiger partial charge in [-0.2, -0.15) is 0 Å². The van der Waals surface area contributed by atoms with E-state index in [1.165, 1.54) is 0 Å². The van der Waals surface area contributed by atoms with E-state index in [0.717, 1.165) is 30.5 Å². The van der Waals surface area contributed by atoms with Gasteiger partial charge in [0.2, 0.25) is 0 Å². The van der Waals surface area contributed by atoms with Gasteiger partial charge in [-0.3, -0.25) is 0 Å². The van der Waals surface area contributed by atoms with Crippen molar-refractivity contribution in [3.63, 3.8) is 0 Å². The molecule has 0 bridgehead atoms. The molecule has 0 aliphatic rings. The molecule has 0 radical (unpaired) electrons. The average molecular weight is 308 g/mol. The van der Waals surface area contributed by atoms with Crippen LogP contribution in [0.4, 0.5) is 0 Å². The van der Waals surface area contributed by atoms with Crippen LogP contribution in [-0.4, -0.2) is 23.3 Å². The molecule has 2 rings (SSSR count). The van der Waals surface area contributed by atoms with Gasteiger partial charge in [0.15, 0.2) is 0 Å². The van der Waals surface area contributed by atoms with E-state index in [2.05, 4.69) is 5.32 Å². The van der Waals surface area contributed by atoms with Crippen molar-refractivity contribution in [1.29, 1.82) is 0 Å². The third-order valence-electron chi connectivity index (χ3n) is 3.25. The van der Waals surface area contributed by atoms with Gasteiger partial charge in [-0.05, 0) is 42.6 Å². The standard InChI is InChI=1S/C17H21NO2.ClH/c19-16-10-4-6-14(12-16)7-5-11-18-13-17(20)15-8-2-1-3-9-15;/h1-4,6,8-10,12,17-20H,5,7,11,13H2;1H/t17-;/m0./s1. The van der Waals surface area contributed by atoms with Gasteiger partial charge in [0.25, 0.3) is 0 Å². The zero-order valence-corrected chi connectivity index (χ0v) is 12.7. The van der Waals surface area contributed by atoms with E-state index in [0.29, 0.717) is 12.3 Å². The van der Waals surface area contributed by atoms with Gasteiger partial charge in [0.05, 0.1) is 6.10 Å². The lowest BCUT2D eigenvalue weighted by molar-refractivity contribution is 0.175. The Morgan fingerprint density at radius 1 is 1.00 bits per heavy atom. The number of aryl methyl sites for hydroxylation is 1. The number of halogens is 1. The molecule has 2 aromatic rings. The average Bonchev–Trinajstić information content (AvgIpc) is 2.48. The van der Waals surface area contributed by atoms with Crippen molar-refractivity contribution in [1.82, 2.24) is 5.32 Å². The maximum absolute atomic E-state index is 9.98. The number of nitrogens with one attached hydrogen (secondary N) is 1. The minimum absolute atomic E-state index is 0. The van der Waals surface area contributed by atoms with Crippen LogP contribution in [0.2, 0.25) is 0 Å². The SMILES string of the molecule is Cl.Oc1cccc(CCCNC[C@H](O)c2ccccc2)c1. The lowest BCUT2D eigenvalue weighted by Crippen LogP contribution is -2.22. The van der Waals surface area contributed by atoms with Gasteiger partial charge in [-0.15, -0.1) is 12.4 Å². The van der Waals surface area contributed by atoms with Crippen molar-refractivity contribution in [3.8, 4) is 5.75 Å². The molecule has 0 fully saturated rings. The molecule has 1 atom stereocenters. The first-order valence-corrected chi connectivity index (χ1v) is 6.97. The summed E-state index contributed by atoms with van der Waals surface area (Å²) in [6, 6.07) is 17.0. The Balaban J connectivity index is 0.00000220. The Bertz CT molecular complexity index is 519. The van der Waals surface area contributed by atoms with Gasteiger partial charge in [-0.1, -0.05) is 42.5 Å². The van der Waals surface area contributed by atoms with Gasteiger partial charge in [0.1, 0.15) is 5.75 Å². The highest BCUT2D eigenvalue weighted by Crippen LogP contribution is 2.12. The van der Waals surface area contributed by atoms with E-state index in [1.807, 2.05) is 42.5 Å². The Kier molecular flexibility index (Phi) is 7.83. The Labute approximate surface area is 132 Å². The molecule has 0 amide bonds. The Morgan fingerprint density at radius 2 is 1.76 bits per heavy atom. The smallest absolute Gasteiger partial charge is 0.115 e. The Hall–Kier alpha value is -1.55. The molecule has 0 heterocycles. The summed E-state index contributed by atoms with van der Waals surface area (Å²) < 4.78 is 0. The van der Waals surface area contributed by atoms with Crippen LogP contribution in [0.15, 0.2) is 54.6 Å². The number of aliphatic hydroxyl groups excluding tert-OH is 1. The number of hydrogen-bond acceptors (Lipinski definition) is 3. The van der Waals surface area contributed by atoms with Crippen LogP contribution in [0.3, 0.4) is 0 Å². The van der Waals surface area contributed by atoms with Crippen molar-refractivity contribution in [2.45, 2.75) is 18.9 Å². The summed E-state index contributed by atoms with van der Waals surface area (Å²) in [5, 5.41) is 22.6. The van der Waals surface area contributed by atoms with E-state index in [9.17, 15) is 10.2 Å². The zero-order chi connectivity index (χ0) is 14.2. The predicted molar refractivity (Wildman–Crippen MR) is 87.9 cm³/mol. The molecule has 0 aromatic heterocycles. The van der Waals surface area contributed by atoms with Crippen LogP contribution in [0.5, 0.6) is 5.75 Å². The number of hydrogen-bond donors (Lipinski definition) is 3. The number of rotatable bonds is 7. The molecule has 0 saturated carbocycles. The van der Waals surface area contributed by atoms with Crippen molar-refractivity contribution >= 4 is 12.4 Å². The maximum atomic E-state index is 9.98. The summed E-state index contributed by atoms with van der Waals surface area (Å²) in [5.41, 5.74) is 2.07. The molecule has 4 heteroatoms. The molecule has 0 spiro atoms. The summed E-state index contributed by atoms with van der Waals surface area (Å²) in [6.07, 6.45) is 1.44. The summed E-state index contributed by atoms with van der Waals surface area (Å²) in [6.45, 7) is 1.41. The van der Waals surface area contributed by atoms with Crippen molar-refractivity contribution < 1.29 is 10.2 Å². The van der Waals surface area contributed by atoms with Crippen molar-refractivity contribution in [2.75, 3.05) is 13.1 Å². The monoisotopic (exact) mass is 307 g/mol. The van der Waals surface area contributed by atoms with E-state index in [-0.39, 0.29) is 12.4 Å². The fraction of sp³-hybridized carbons (Fsp3) is 0.294. The summed E-state index contributed by atoms with van der Waals surface area (Å²) in [7, 11) is 0. The van der Waals surface area contributed by atoms with E-state index < -0.39 is 6.10 Å². The maximum Gasteiger partial charge on any atom is 0.115 e. The zero-order valence-electron chi connectivity index (χ0n) is 11.9. The van der Waals surface area contributed by atoms with E-state index in [1.54, 1.807) is 12.1 Å². The first-order chi connectivity index (χ1) is 9.75. The van der Waals surface area contributed by atoms with Crippen molar-refractivity contribution in [2.24, 2.45) is 0 Å². The second kappa shape index (κ2) is 9.40. The molecule has 0 aliphatic carbocycles. The van der Waals surface area contributed by atoms with Gasteiger partial charge in [0, 0.05) is 6.54 Å². The molecule has 114 valence electrons. The lowest BCUT2D eigenvalue weighted by atomic mass is 10.1. The lowest BCUT2D eigenvalue weighted by Gasteiger charge is -2.12. The number of aromatic hydroxyl groups is 1. The van der Waals surface area contributed by atoms with Crippen LogP contribution in [0.1, 0.15) is 23.7 Å². The van der Waals surface area contributed by atoms with Crippen LogP contribution in [0, 0.1) is 0 Å². The largest absolute Gasteiger partial charge is 0.508 e. The fourth-order valence-electron chi connectivity index (χ4n) is 2.16. The molecule has 2 aromatic carbocycles. The quantitative estimate of drug-likeness (QED) is 0.689. The molecule has 3 nitrogen and oxygen atoms in total. The van der Waals surface area contributed by atoms with Gasteiger partial charge >= 0.3 is 0 Å². The summed E-state index contributed by atoms with van der Waals surface area (Å²) in [4.78, 5) is 0. The van der Waals surface area contributed by atoms with Crippen LogP contribution >= 0.6 is 12.4 Å². The normalized spacial score (nSPS) is 11.7. The number of benzene rings is 2. The van der Waals surface area contributed by atoms with Crippen LogP contribution in [0.25, 0.3) is 0 Å². The van der Waals surface area contributed by atoms with Gasteiger partial charge in [-0.25, -0.2) is 0 Å². The summed E-state index contributed by atoms with van der Waals surface area (Å²) >= 11 is 0. The molecular formula is C17H22ClNO2. The van der Waals surface area contributed by atoms with Gasteiger partial charge < -0.3 is 15.5 Å². The molecule has 0 saturated heterocycles. The highest BCUT2D eigenvalue weighted by molar-refractivity contribution is 5.85. The van der Waals surface area contributed by atoms with E-state index in [4.69, 9.17) is 0 Å². The first-order valence-electron chi connectivity index (χ1n) is 6.97. The Morgan fingerprint density at radius 3 is 2.48 bits per heavy atom. The molecule has 21 heavy (non-hydrogen) atoms. The molecule has 3 N–H and O–H groups in total. The van der Waals surface area contributed by atoms with Crippen LogP contribution < -0.4 is 5.32 Å². The predicted octanol–water partition coefficient (Wildman–Crippen LogP) is 3.07. The van der Waals surface area contributed by atoms with E-state index >= 15 is 0 Å². The minimum atomic E-state index is -0.461. The molecule has 0 unspecified atom stereocenters. The summed E-state index contributed by atoms with van der Waals surface area (Å²) in [5.74, 6) is 0.315. The third kappa shape index (κ3) is 6.17. The van der Waals surface area contributed by atoms with Crippen LogP contribution in [-0.2, 0) is 6.42 Å². The number of aliphatic hydroxyl groups is 1. The topological polar surface area (TPSA) is 52.5 Å². The second-order valence-corrected chi connectivity index (χ2v) is 4.90. The number of phenolic OH excluding ortho intramolecular Hbond substituents is 1. The minimum Gasteiger partial charge on any atom is -0.508 e. The molecule has 0 aliphatic heterocycles. The highest BCUT2D eigenvalue weighted by atomic mass is 35.5.